The average Bonchev–Trinajstić information content (AvgIpc) is 2.90. The van der Waals surface area contributed by atoms with Gasteiger partial charge in [-0.1, -0.05) is 18.2 Å². The lowest BCUT2D eigenvalue weighted by Gasteiger charge is -2.06. The largest absolute Gasteiger partial charge is 0.465 e. The number of nitrogens with one attached hydrogen (secondary N) is 1. The number of carbonyl (C=O) groups excluding carboxylic acids is 1. The Kier molecular flexibility index (Phi) is 2.76. The Labute approximate surface area is 110 Å². The number of hydrogen-bond donors (Lipinski definition) is 1. The Morgan fingerprint density at radius 3 is 2.84 bits per heavy atom. The van der Waals surface area contributed by atoms with Crippen molar-refractivity contribution < 1.29 is 9.53 Å². The standard InChI is InChI=1S/C15H12N2O2/c1-19-15(18)12-6-3-2-5-10(12)13-9-17-14-11(13)7-4-8-16-14/h2-9H,1H3,(H,16,17). The number of methoxy groups -OCH3 is 1. The highest BCUT2D eigenvalue weighted by Gasteiger charge is 2.15. The van der Waals surface area contributed by atoms with E-state index in [1.165, 1.54) is 7.11 Å². The summed E-state index contributed by atoms with van der Waals surface area (Å²) < 4.78 is 4.82. The Morgan fingerprint density at radius 2 is 2.00 bits per heavy atom. The van der Waals surface area contributed by atoms with Gasteiger partial charge in [-0.05, 0) is 23.8 Å². The molecule has 0 unspecified atom stereocenters. The number of fused-ring (bicyclic) bond motifs is 1. The van der Waals surface area contributed by atoms with Gasteiger partial charge in [0.05, 0.1) is 12.7 Å². The minimum atomic E-state index is -0.339. The Bertz CT molecular complexity index is 746. The number of aromatic nitrogens is 2. The maximum absolute atomic E-state index is 11.8. The molecular formula is C15H12N2O2. The predicted molar refractivity (Wildman–Crippen MR) is 72.9 cm³/mol. The second-order valence-corrected chi connectivity index (χ2v) is 4.14. The Morgan fingerprint density at radius 1 is 1.16 bits per heavy atom. The summed E-state index contributed by atoms with van der Waals surface area (Å²) in [6.07, 6.45) is 3.59. The summed E-state index contributed by atoms with van der Waals surface area (Å²) >= 11 is 0. The minimum Gasteiger partial charge on any atom is -0.465 e. The molecule has 2 heterocycles. The summed E-state index contributed by atoms with van der Waals surface area (Å²) in [4.78, 5) is 19.2. The van der Waals surface area contributed by atoms with Crippen molar-refractivity contribution in [1.82, 2.24) is 9.97 Å². The van der Waals surface area contributed by atoms with Gasteiger partial charge in [0.2, 0.25) is 0 Å². The summed E-state index contributed by atoms with van der Waals surface area (Å²) in [5.74, 6) is -0.339. The fourth-order valence-corrected chi connectivity index (χ4v) is 2.18. The van der Waals surface area contributed by atoms with E-state index in [4.69, 9.17) is 4.74 Å². The molecule has 4 nitrogen and oxygen atoms in total. The summed E-state index contributed by atoms with van der Waals surface area (Å²) in [6, 6.07) is 11.2. The second kappa shape index (κ2) is 4.57. The maximum Gasteiger partial charge on any atom is 0.338 e. The zero-order valence-electron chi connectivity index (χ0n) is 10.4. The fraction of sp³-hybridized carbons (Fsp3) is 0.0667. The summed E-state index contributed by atoms with van der Waals surface area (Å²) in [5, 5.41) is 0.985. The molecule has 0 saturated carbocycles. The molecule has 0 aliphatic heterocycles. The average molecular weight is 252 g/mol. The van der Waals surface area contributed by atoms with Crippen molar-refractivity contribution in [2.45, 2.75) is 0 Å². The molecule has 0 amide bonds. The lowest BCUT2D eigenvalue weighted by molar-refractivity contribution is 0.0601. The van der Waals surface area contributed by atoms with Crippen LogP contribution in [0.2, 0.25) is 0 Å². The number of rotatable bonds is 2. The van der Waals surface area contributed by atoms with Crippen LogP contribution in [0.5, 0.6) is 0 Å². The van der Waals surface area contributed by atoms with Crippen molar-refractivity contribution in [3.05, 3.63) is 54.4 Å². The highest BCUT2D eigenvalue weighted by atomic mass is 16.5. The van der Waals surface area contributed by atoms with Gasteiger partial charge >= 0.3 is 5.97 Å². The van der Waals surface area contributed by atoms with E-state index >= 15 is 0 Å². The van der Waals surface area contributed by atoms with Crippen LogP contribution in [0.1, 0.15) is 10.4 Å². The number of H-pyrrole nitrogens is 1. The van der Waals surface area contributed by atoms with Gasteiger partial charge in [-0.25, -0.2) is 9.78 Å². The molecule has 0 saturated heterocycles. The molecule has 1 aromatic carbocycles. The first-order valence-corrected chi connectivity index (χ1v) is 5.91. The number of ether oxygens (including phenoxy) is 1. The van der Waals surface area contributed by atoms with E-state index in [0.717, 1.165) is 22.2 Å². The second-order valence-electron chi connectivity index (χ2n) is 4.14. The van der Waals surface area contributed by atoms with Crippen LogP contribution in [0.3, 0.4) is 0 Å². The number of pyridine rings is 1. The first-order chi connectivity index (χ1) is 9.31. The van der Waals surface area contributed by atoms with E-state index in [1.54, 1.807) is 12.3 Å². The highest BCUT2D eigenvalue weighted by Crippen LogP contribution is 2.30. The number of hydrogen-bond acceptors (Lipinski definition) is 3. The quantitative estimate of drug-likeness (QED) is 0.713. The predicted octanol–water partition coefficient (Wildman–Crippen LogP) is 3.02. The van der Waals surface area contributed by atoms with Gasteiger partial charge in [-0.3, -0.25) is 0 Å². The number of carbonyl (C=O) groups is 1. The van der Waals surface area contributed by atoms with Gasteiger partial charge in [0.1, 0.15) is 5.65 Å². The molecule has 0 spiro atoms. The van der Waals surface area contributed by atoms with Crippen LogP contribution in [0.4, 0.5) is 0 Å². The zero-order chi connectivity index (χ0) is 13.2. The van der Waals surface area contributed by atoms with Crippen LogP contribution < -0.4 is 0 Å². The summed E-state index contributed by atoms with van der Waals surface area (Å²) in [7, 11) is 1.38. The normalized spacial score (nSPS) is 10.6. The molecule has 3 aromatic rings. The lowest BCUT2D eigenvalue weighted by atomic mass is 10.00. The first kappa shape index (κ1) is 11.5. The van der Waals surface area contributed by atoms with Crippen LogP contribution >= 0.6 is 0 Å². The third-order valence-corrected chi connectivity index (χ3v) is 3.07. The lowest BCUT2D eigenvalue weighted by Crippen LogP contribution is -2.02. The molecule has 1 N–H and O–H groups in total. The SMILES string of the molecule is COC(=O)c1ccccc1-c1c[nH]c2ncccc12. The molecule has 0 aliphatic carbocycles. The van der Waals surface area contributed by atoms with Crippen LogP contribution in [0, 0.1) is 0 Å². The van der Waals surface area contributed by atoms with E-state index in [9.17, 15) is 4.79 Å². The van der Waals surface area contributed by atoms with Crippen molar-refractivity contribution in [3.8, 4) is 11.1 Å². The molecule has 4 heteroatoms. The molecule has 0 atom stereocenters. The van der Waals surface area contributed by atoms with Crippen molar-refractivity contribution in [1.29, 1.82) is 0 Å². The monoisotopic (exact) mass is 252 g/mol. The third-order valence-electron chi connectivity index (χ3n) is 3.07. The van der Waals surface area contributed by atoms with Crippen LogP contribution in [-0.2, 0) is 4.74 Å². The minimum absolute atomic E-state index is 0.339. The molecule has 3 rings (SSSR count). The molecule has 0 fully saturated rings. The number of esters is 1. The van der Waals surface area contributed by atoms with E-state index in [1.807, 2.05) is 36.5 Å². The Balaban J connectivity index is 2.25. The van der Waals surface area contributed by atoms with Gasteiger partial charge in [0.15, 0.2) is 0 Å². The number of aromatic amines is 1. The van der Waals surface area contributed by atoms with Crippen LogP contribution in [-0.4, -0.2) is 23.0 Å². The molecule has 0 bridgehead atoms. The van der Waals surface area contributed by atoms with Gasteiger partial charge < -0.3 is 9.72 Å². The van der Waals surface area contributed by atoms with E-state index in [2.05, 4.69) is 9.97 Å². The molecule has 19 heavy (non-hydrogen) atoms. The third kappa shape index (κ3) is 1.87. The summed E-state index contributed by atoms with van der Waals surface area (Å²) in [6.45, 7) is 0. The molecule has 0 radical (unpaired) electrons. The molecule has 0 aliphatic rings. The van der Waals surface area contributed by atoms with Gasteiger partial charge in [0.25, 0.3) is 0 Å². The van der Waals surface area contributed by atoms with Crippen molar-refractivity contribution in [2.24, 2.45) is 0 Å². The maximum atomic E-state index is 11.8. The van der Waals surface area contributed by atoms with Crippen molar-refractivity contribution >= 4 is 17.0 Å². The van der Waals surface area contributed by atoms with Crippen LogP contribution in [0.15, 0.2) is 48.8 Å². The van der Waals surface area contributed by atoms with Crippen molar-refractivity contribution in [3.63, 3.8) is 0 Å². The van der Waals surface area contributed by atoms with Crippen molar-refractivity contribution in [2.75, 3.05) is 7.11 Å². The highest BCUT2D eigenvalue weighted by molar-refractivity contribution is 6.02. The zero-order valence-corrected chi connectivity index (χ0v) is 10.4. The molecule has 2 aromatic heterocycles. The first-order valence-electron chi connectivity index (χ1n) is 5.91. The van der Waals surface area contributed by atoms with Gasteiger partial charge in [-0.15, -0.1) is 0 Å². The number of nitrogens with zero attached hydrogens (tertiary/aromatic N) is 1. The summed E-state index contributed by atoms with van der Waals surface area (Å²) in [5.41, 5.74) is 3.14. The fourth-order valence-electron chi connectivity index (χ4n) is 2.18. The number of benzene rings is 1. The topological polar surface area (TPSA) is 55.0 Å². The van der Waals surface area contributed by atoms with Gasteiger partial charge in [0, 0.05) is 23.3 Å². The van der Waals surface area contributed by atoms with E-state index < -0.39 is 0 Å². The molecule has 94 valence electrons. The van der Waals surface area contributed by atoms with Crippen LogP contribution in [0.25, 0.3) is 22.2 Å². The Hall–Kier alpha value is -2.62. The van der Waals surface area contributed by atoms with E-state index in [-0.39, 0.29) is 5.97 Å². The smallest absolute Gasteiger partial charge is 0.338 e. The van der Waals surface area contributed by atoms with Gasteiger partial charge in [-0.2, -0.15) is 0 Å². The molecular weight excluding hydrogens is 240 g/mol. The van der Waals surface area contributed by atoms with E-state index in [0.29, 0.717) is 5.56 Å².